The lowest BCUT2D eigenvalue weighted by Crippen LogP contribution is -2.31. The number of nitrogens with zero attached hydrogens (tertiary/aromatic N) is 1. The van der Waals surface area contributed by atoms with Crippen LogP contribution in [-0.4, -0.2) is 33.7 Å². The summed E-state index contributed by atoms with van der Waals surface area (Å²) in [5.41, 5.74) is -0.288. The third-order valence-corrected chi connectivity index (χ3v) is 2.50. The summed E-state index contributed by atoms with van der Waals surface area (Å²) in [4.78, 5) is 32.9. The van der Waals surface area contributed by atoms with E-state index in [0.717, 1.165) is 0 Å². The molecule has 0 saturated carbocycles. The molecule has 1 unspecified atom stereocenters. The highest BCUT2D eigenvalue weighted by molar-refractivity contribution is 5.91. The first kappa shape index (κ1) is 13.9. The SMILES string of the molecule is CCC(CNC(=O)c1ccc(=O)[nH]n1)CC(=O)O. The summed E-state index contributed by atoms with van der Waals surface area (Å²) in [7, 11) is 0. The van der Waals surface area contributed by atoms with Crippen molar-refractivity contribution in [2.45, 2.75) is 19.8 Å². The average Bonchev–Trinajstić information content (AvgIpc) is 2.34. The minimum absolute atomic E-state index is 0.00975. The first-order chi connectivity index (χ1) is 8.52. The van der Waals surface area contributed by atoms with Crippen LogP contribution in [0.25, 0.3) is 0 Å². The molecule has 1 heterocycles. The van der Waals surface area contributed by atoms with E-state index in [-0.39, 0.29) is 30.1 Å². The Kier molecular flexibility index (Phi) is 5.04. The molecule has 7 heteroatoms. The lowest BCUT2D eigenvalue weighted by atomic mass is 10.0. The molecule has 0 aliphatic rings. The summed E-state index contributed by atoms with van der Waals surface area (Å²) in [6.45, 7) is 2.13. The van der Waals surface area contributed by atoms with Gasteiger partial charge in [-0.3, -0.25) is 14.4 Å². The van der Waals surface area contributed by atoms with Crippen LogP contribution in [-0.2, 0) is 4.79 Å². The van der Waals surface area contributed by atoms with Gasteiger partial charge in [-0.15, -0.1) is 0 Å². The van der Waals surface area contributed by atoms with Gasteiger partial charge in [0.05, 0.1) is 0 Å². The molecule has 0 aromatic carbocycles. The van der Waals surface area contributed by atoms with Gasteiger partial charge in [0.1, 0.15) is 5.69 Å². The van der Waals surface area contributed by atoms with E-state index in [4.69, 9.17) is 5.11 Å². The maximum absolute atomic E-state index is 11.6. The van der Waals surface area contributed by atoms with Crippen molar-refractivity contribution in [3.63, 3.8) is 0 Å². The predicted octanol–water partition coefficient (Wildman–Crippen LogP) is 0.000600. The number of hydrogen-bond acceptors (Lipinski definition) is 4. The van der Waals surface area contributed by atoms with E-state index in [9.17, 15) is 14.4 Å². The van der Waals surface area contributed by atoms with E-state index < -0.39 is 11.9 Å². The molecule has 98 valence electrons. The zero-order chi connectivity index (χ0) is 13.5. The number of rotatable bonds is 6. The highest BCUT2D eigenvalue weighted by Crippen LogP contribution is 2.06. The number of aliphatic carboxylic acids is 1. The summed E-state index contributed by atoms with van der Waals surface area (Å²) in [5, 5.41) is 17.0. The standard InChI is InChI=1S/C11H15N3O4/c1-2-7(5-10(16)17)6-12-11(18)8-3-4-9(15)14-13-8/h3-4,7H,2,5-6H2,1H3,(H,12,18)(H,14,15)(H,16,17). The summed E-state index contributed by atoms with van der Waals surface area (Å²) in [6, 6.07) is 2.52. The van der Waals surface area contributed by atoms with Crippen molar-refractivity contribution in [2.24, 2.45) is 5.92 Å². The molecule has 7 nitrogen and oxygen atoms in total. The van der Waals surface area contributed by atoms with Crippen LogP contribution >= 0.6 is 0 Å². The Morgan fingerprint density at radius 1 is 1.50 bits per heavy atom. The van der Waals surface area contributed by atoms with E-state index in [1.807, 2.05) is 6.92 Å². The quantitative estimate of drug-likeness (QED) is 0.660. The van der Waals surface area contributed by atoms with Crippen LogP contribution in [0.3, 0.4) is 0 Å². The summed E-state index contributed by atoms with van der Waals surface area (Å²) in [5.74, 6) is -1.44. The minimum Gasteiger partial charge on any atom is -0.481 e. The highest BCUT2D eigenvalue weighted by Gasteiger charge is 2.13. The molecule has 1 amide bonds. The lowest BCUT2D eigenvalue weighted by Gasteiger charge is -2.12. The molecule has 1 rings (SSSR count). The average molecular weight is 253 g/mol. The fourth-order valence-electron chi connectivity index (χ4n) is 1.41. The Bertz CT molecular complexity index is 463. The van der Waals surface area contributed by atoms with Crippen LogP contribution in [0.15, 0.2) is 16.9 Å². The maximum atomic E-state index is 11.6. The summed E-state index contributed by atoms with van der Waals surface area (Å²) >= 11 is 0. The van der Waals surface area contributed by atoms with Crippen molar-refractivity contribution in [1.29, 1.82) is 0 Å². The molecule has 0 saturated heterocycles. The van der Waals surface area contributed by atoms with Crippen LogP contribution < -0.4 is 10.9 Å². The van der Waals surface area contributed by atoms with Crippen molar-refractivity contribution in [2.75, 3.05) is 6.54 Å². The zero-order valence-corrected chi connectivity index (χ0v) is 9.97. The second-order valence-corrected chi connectivity index (χ2v) is 3.89. The van der Waals surface area contributed by atoms with Gasteiger partial charge < -0.3 is 10.4 Å². The normalized spacial score (nSPS) is 11.8. The molecular weight excluding hydrogens is 238 g/mol. The van der Waals surface area contributed by atoms with Crippen LogP contribution in [0, 0.1) is 5.92 Å². The molecule has 1 atom stereocenters. The second kappa shape index (κ2) is 6.53. The van der Waals surface area contributed by atoms with Gasteiger partial charge in [-0.05, 0) is 12.0 Å². The van der Waals surface area contributed by atoms with E-state index in [2.05, 4.69) is 15.5 Å². The molecule has 0 radical (unpaired) electrons. The topological polar surface area (TPSA) is 112 Å². The number of H-pyrrole nitrogens is 1. The number of carboxylic acids is 1. The molecule has 3 N–H and O–H groups in total. The minimum atomic E-state index is -0.890. The molecule has 18 heavy (non-hydrogen) atoms. The number of amides is 1. The number of carbonyl (C=O) groups is 2. The lowest BCUT2D eigenvalue weighted by molar-refractivity contribution is -0.138. The largest absolute Gasteiger partial charge is 0.481 e. The molecule has 0 aliphatic carbocycles. The smallest absolute Gasteiger partial charge is 0.303 e. The van der Waals surface area contributed by atoms with E-state index in [1.54, 1.807) is 0 Å². The van der Waals surface area contributed by atoms with Crippen LogP contribution in [0.5, 0.6) is 0 Å². The highest BCUT2D eigenvalue weighted by atomic mass is 16.4. The molecular formula is C11H15N3O4. The molecule has 1 aromatic heterocycles. The van der Waals surface area contributed by atoms with Crippen molar-refractivity contribution < 1.29 is 14.7 Å². The van der Waals surface area contributed by atoms with Crippen molar-refractivity contribution in [3.05, 3.63) is 28.2 Å². The number of nitrogens with one attached hydrogen (secondary N) is 2. The predicted molar refractivity (Wildman–Crippen MR) is 63.2 cm³/mol. The Hall–Kier alpha value is -2.18. The zero-order valence-electron chi connectivity index (χ0n) is 9.97. The van der Waals surface area contributed by atoms with Crippen molar-refractivity contribution in [1.82, 2.24) is 15.5 Å². The number of carbonyl (C=O) groups excluding carboxylic acids is 1. The number of carboxylic acid groups (broad SMARTS) is 1. The van der Waals surface area contributed by atoms with Crippen molar-refractivity contribution >= 4 is 11.9 Å². The van der Waals surface area contributed by atoms with Gasteiger partial charge in [-0.2, -0.15) is 5.10 Å². The summed E-state index contributed by atoms with van der Waals surface area (Å²) in [6.07, 6.45) is 0.668. The molecule has 0 spiro atoms. The third-order valence-electron chi connectivity index (χ3n) is 2.50. The van der Waals surface area contributed by atoms with E-state index in [1.165, 1.54) is 12.1 Å². The van der Waals surface area contributed by atoms with Crippen LogP contribution in [0.2, 0.25) is 0 Å². The van der Waals surface area contributed by atoms with Gasteiger partial charge >= 0.3 is 5.97 Å². The fraction of sp³-hybridized carbons (Fsp3) is 0.455. The van der Waals surface area contributed by atoms with Gasteiger partial charge in [0.15, 0.2) is 0 Å². The Labute approximate surface area is 103 Å². The van der Waals surface area contributed by atoms with Gasteiger partial charge in [-0.25, -0.2) is 5.10 Å². The number of aromatic nitrogens is 2. The monoisotopic (exact) mass is 253 g/mol. The first-order valence-corrected chi connectivity index (χ1v) is 5.58. The Morgan fingerprint density at radius 2 is 2.22 bits per heavy atom. The first-order valence-electron chi connectivity index (χ1n) is 5.58. The maximum Gasteiger partial charge on any atom is 0.303 e. The van der Waals surface area contributed by atoms with Gasteiger partial charge in [0.25, 0.3) is 11.5 Å². The molecule has 0 bridgehead atoms. The number of aromatic amines is 1. The number of hydrogen-bond donors (Lipinski definition) is 3. The molecule has 0 aliphatic heterocycles. The van der Waals surface area contributed by atoms with Gasteiger partial charge in [0, 0.05) is 19.0 Å². The van der Waals surface area contributed by atoms with Crippen LogP contribution in [0.4, 0.5) is 0 Å². The summed E-state index contributed by atoms with van der Waals surface area (Å²) < 4.78 is 0. The molecule has 1 aromatic rings. The van der Waals surface area contributed by atoms with Gasteiger partial charge in [-0.1, -0.05) is 13.3 Å². The van der Waals surface area contributed by atoms with E-state index in [0.29, 0.717) is 6.42 Å². The Balaban J connectivity index is 2.52. The second-order valence-electron chi connectivity index (χ2n) is 3.89. The van der Waals surface area contributed by atoms with E-state index >= 15 is 0 Å². The molecule has 0 fully saturated rings. The third kappa shape index (κ3) is 4.36. The Morgan fingerprint density at radius 3 is 2.72 bits per heavy atom. The van der Waals surface area contributed by atoms with Gasteiger partial charge in [0.2, 0.25) is 0 Å². The fourth-order valence-corrected chi connectivity index (χ4v) is 1.41. The van der Waals surface area contributed by atoms with Crippen LogP contribution in [0.1, 0.15) is 30.3 Å². The van der Waals surface area contributed by atoms with Crippen molar-refractivity contribution in [3.8, 4) is 0 Å².